The molecule has 0 radical (unpaired) electrons. The second-order valence-corrected chi connectivity index (χ2v) is 6.04. The van der Waals surface area contributed by atoms with Gasteiger partial charge in [0.15, 0.2) is 5.75 Å². The summed E-state index contributed by atoms with van der Waals surface area (Å²) in [5.74, 6) is 2.95. The summed E-state index contributed by atoms with van der Waals surface area (Å²) >= 11 is 1.91. The van der Waals surface area contributed by atoms with Gasteiger partial charge in [0, 0.05) is 25.4 Å². The Labute approximate surface area is 117 Å². The summed E-state index contributed by atoms with van der Waals surface area (Å²) in [5, 5.41) is 3.27. The number of hydrogen-bond donors (Lipinski definition) is 1. The topological polar surface area (TPSA) is 41.6 Å². The van der Waals surface area contributed by atoms with E-state index in [9.17, 15) is 4.79 Å². The smallest absolute Gasteiger partial charge is 0.257 e. The molecule has 2 aliphatic rings. The fourth-order valence-electron chi connectivity index (χ4n) is 2.52. The third kappa shape index (κ3) is 2.39. The number of para-hydroxylation sites is 1. The van der Waals surface area contributed by atoms with Gasteiger partial charge in [-0.3, -0.25) is 4.79 Å². The molecule has 3 rings (SSSR count). The first-order valence-electron chi connectivity index (χ1n) is 6.62. The molecule has 1 fully saturated rings. The van der Waals surface area contributed by atoms with E-state index in [-0.39, 0.29) is 5.91 Å². The van der Waals surface area contributed by atoms with Crippen molar-refractivity contribution in [2.75, 3.05) is 37.0 Å². The van der Waals surface area contributed by atoms with Gasteiger partial charge in [-0.15, -0.1) is 0 Å². The molecule has 1 aromatic carbocycles. The highest BCUT2D eigenvalue weighted by atomic mass is 32.2. The number of fused-ring (bicyclic) bond motifs is 1. The molecule has 0 aromatic heterocycles. The lowest BCUT2D eigenvalue weighted by molar-refractivity contribution is 0.0743. The molecule has 2 aliphatic heterocycles. The molecule has 2 heterocycles. The number of ether oxygens (including phenoxy) is 1. The number of amides is 1. The largest absolute Gasteiger partial charge is 0.489 e. The van der Waals surface area contributed by atoms with Gasteiger partial charge < -0.3 is 15.0 Å². The molecular weight excluding hydrogens is 260 g/mol. The van der Waals surface area contributed by atoms with E-state index in [1.54, 1.807) is 0 Å². The normalized spacial score (nSPS) is 21.2. The van der Waals surface area contributed by atoms with Crippen LogP contribution in [0.25, 0.3) is 0 Å². The number of thioether (sulfide) groups is 1. The van der Waals surface area contributed by atoms with Gasteiger partial charge in [0.1, 0.15) is 6.61 Å². The van der Waals surface area contributed by atoms with Crippen molar-refractivity contribution in [1.82, 2.24) is 4.90 Å². The number of carbonyl (C=O) groups excluding carboxylic acids is 1. The lowest BCUT2D eigenvalue weighted by atomic mass is 10.1. The van der Waals surface area contributed by atoms with Gasteiger partial charge in [-0.25, -0.2) is 0 Å². The van der Waals surface area contributed by atoms with Gasteiger partial charge in [0.2, 0.25) is 0 Å². The lowest BCUT2D eigenvalue weighted by Gasteiger charge is -2.27. The molecule has 0 aliphatic carbocycles. The minimum absolute atomic E-state index is 0.0630. The van der Waals surface area contributed by atoms with Crippen molar-refractivity contribution in [3.63, 3.8) is 0 Å². The lowest BCUT2D eigenvalue weighted by Crippen LogP contribution is -2.37. The van der Waals surface area contributed by atoms with Crippen molar-refractivity contribution in [3.05, 3.63) is 23.8 Å². The van der Waals surface area contributed by atoms with E-state index in [1.165, 1.54) is 0 Å². The number of nitrogens with one attached hydrogen (secondary N) is 1. The van der Waals surface area contributed by atoms with Gasteiger partial charge in [-0.2, -0.15) is 11.8 Å². The molecule has 102 valence electrons. The fraction of sp³-hybridized carbons (Fsp3) is 0.500. The Morgan fingerprint density at radius 3 is 3.21 bits per heavy atom. The van der Waals surface area contributed by atoms with Crippen LogP contribution in [0.5, 0.6) is 5.75 Å². The van der Waals surface area contributed by atoms with Crippen LogP contribution in [0.2, 0.25) is 0 Å². The Morgan fingerprint density at radius 2 is 2.42 bits per heavy atom. The molecule has 19 heavy (non-hydrogen) atoms. The van der Waals surface area contributed by atoms with Crippen LogP contribution >= 0.6 is 11.8 Å². The maximum absolute atomic E-state index is 12.6. The molecule has 1 N–H and O–H groups in total. The summed E-state index contributed by atoms with van der Waals surface area (Å²) < 4.78 is 5.67. The number of rotatable bonds is 2. The second-order valence-electron chi connectivity index (χ2n) is 4.89. The predicted octanol–water partition coefficient (Wildman–Crippen LogP) is 2.07. The first-order chi connectivity index (χ1) is 9.27. The summed E-state index contributed by atoms with van der Waals surface area (Å²) in [5.41, 5.74) is 1.59. The van der Waals surface area contributed by atoms with Crippen molar-refractivity contribution in [1.29, 1.82) is 0 Å². The summed E-state index contributed by atoms with van der Waals surface area (Å²) in [6, 6.07) is 6.07. The molecule has 1 unspecified atom stereocenters. The van der Waals surface area contributed by atoms with Crippen molar-refractivity contribution < 1.29 is 9.53 Å². The summed E-state index contributed by atoms with van der Waals surface area (Å²) in [7, 11) is 1.90. The highest BCUT2D eigenvalue weighted by molar-refractivity contribution is 7.99. The minimum Gasteiger partial charge on any atom is -0.489 e. The Kier molecular flexibility index (Phi) is 3.55. The molecule has 1 atom stereocenters. The van der Waals surface area contributed by atoms with E-state index in [4.69, 9.17) is 4.74 Å². The SMILES string of the molecule is CN(C(=O)c1cccc2c1OCCN2)C1CCSC1. The van der Waals surface area contributed by atoms with E-state index in [2.05, 4.69) is 5.32 Å². The average Bonchev–Trinajstić information content (AvgIpc) is 2.99. The van der Waals surface area contributed by atoms with E-state index in [0.29, 0.717) is 24.0 Å². The number of anilines is 1. The van der Waals surface area contributed by atoms with Crippen molar-refractivity contribution in [2.45, 2.75) is 12.5 Å². The standard InChI is InChI=1S/C14H18N2O2S/c1-16(10-5-8-19-9-10)14(17)11-3-2-4-12-13(11)18-7-6-15-12/h2-4,10,15H,5-9H2,1H3. The van der Waals surface area contributed by atoms with Crippen LogP contribution in [0.1, 0.15) is 16.8 Å². The zero-order valence-electron chi connectivity index (χ0n) is 11.0. The number of hydrogen-bond acceptors (Lipinski definition) is 4. The first kappa shape index (κ1) is 12.7. The maximum atomic E-state index is 12.6. The van der Waals surface area contributed by atoms with E-state index >= 15 is 0 Å². The fourth-order valence-corrected chi connectivity index (χ4v) is 3.79. The molecule has 0 saturated carbocycles. The van der Waals surface area contributed by atoms with Gasteiger partial charge >= 0.3 is 0 Å². The van der Waals surface area contributed by atoms with Crippen LogP contribution in [0.3, 0.4) is 0 Å². The van der Waals surface area contributed by atoms with E-state index < -0.39 is 0 Å². The number of nitrogens with zero attached hydrogens (tertiary/aromatic N) is 1. The monoisotopic (exact) mass is 278 g/mol. The van der Waals surface area contributed by atoms with Crippen molar-refractivity contribution in [2.24, 2.45) is 0 Å². The molecule has 5 heteroatoms. The molecule has 1 aromatic rings. The van der Waals surface area contributed by atoms with E-state index in [1.807, 2.05) is 41.9 Å². The minimum atomic E-state index is 0.0630. The van der Waals surface area contributed by atoms with Crippen LogP contribution < -0.4 is 10.1 Å². The molecule has 1 amide bonds. The molecule has 1 saturated heterocycles. The highest BCUT2D eigenvalue weighted by Gasteiger charge is 2.27. The summed E-state index contributed by atoms with van der Waals surface area (Å²) in [6.07, 6.45) is 1.08. The van der Waals surface area contributed by atoms with Gasteiger partial charge in [0.25, 0.3) is 5.91 Å². The van der Waals surface area contributed by atoms with Crippen LogP contribution in [0.15, 0.2) is 18.2 Å². The van der Waals surface area contributed by atoms with E-state index in [0.717, 1.165) is 30.2 Å². The second kappa shape index (κ2) is 5.33. The number of carbonyl (C=O) groups is 1. The van der Waals surface area contributed by atoms with Crippen molar-refractivity contribution >= 4 is 23.4 Å². The average molecular weight is 278 g/mol. The Balaban J connectivity index is 1.86. The van der Waals surface area contributed by atoms with Crippen LogP contribution in [-0.4, -0.2) is 48.6 Å². The third-order valence-electron chi connectivity index (χ3n) is 3.68. The summed E-state index contributed by atoms with van der Waals surface area (Å²) in [4.78, 5) is 14.5. The third-order valence-corrected chi connectivity index (χ3v) is 4.83. The molecule has 4 nitrogen and oxygen atoms in total. The summed E-state index contributed by atoms with van der Waals surface area (Å²) in [6.45, 7) is 1.40. The number of benzene rings is 1. The van der Waals surface area contributed by atoms with Crippen LogP contribution in [0, 0.1) is 0 Å². The molecular formula is C14H18N2O2S. The predicted molar refractivity (Wildman–Crippen MR) is 78.3 cm³/mol. The highest BCUT2D eigenvalue weighted by Crippen LogP contribution is 2.33. The van der Waals surface area contributed by atoms with Gasteiger partial charge in [-0.1, -0.05) is 6.07 Å². The molecule has 0 spiro atoms. The van der Waals surface area contributed by atoms with Crippen molar-refractivity contribution in [3.8, 4) is 5.75 Å². The Hall–Kier alpha value is -1.36. The molecule has 0 bridgehead atoms. The maximum Gasteiger partial charge on any atom is 0.257 e. The van der Waals surface area contributed by atoms with Gasteiger partial charge in [0.05, 0.1) is 11.3 Å². The quantitative estimate of drug-likeness (QED) is 0.899. The zero-order valence-corrected chi connectivity index (χ0v) is 11.8. The van der Waals surface area contributed by atoms with Crippen LogP contribution in [0.4, 0.5) is 5.69 Å². The zero-order chi connectivity index (χ0) is 13.2. The Morgan fingerprint density at radius 1 is 1.53 bits per heavy atom. The van der Waals surface area contributed by atoms with Gasteiger partial charge in [-0.05, 0) is 24.3 Å². The van der Waals surface area contributed by atoms with Crippen LogP contribution in [-0.2, 0) is 0 Å². The Bertz CT molecular complexity index is 486. The first-order valence-corrected chi connectivity index (χ1v) is 7.77.